The Morgan fingerprint density at radius 3 is 2.52 bits per heavy atom. The van der Waals surface area contributed by atoms with E-state index >= 15 is 0 Å². The summed E-state index contributed by atoms with van der Waals surface area (Å²) in [6, 6.07) is 1.74. The van der Waals surface area contributed by atoms with Gasteiger partial charge in [-0.05, 0) is 18.9 Å². The molecule has 0 aliphatic carbocycles. The summed E-state index contributed by atoms with van der Waals surface area (Å²) in [7, 11) is 0. The predicted octanol–water partition coefficient (Wildman–Crippen LogP) is 1.03. The van der Waals surface area contributed by atoms with Crippen LogP contribution in [0.2, 0.25) is 0 Å². The molecule has 0 amide bonds. The van der Waals surface area contributed by atoms with Gasteiger partial charge in [0.2, 0.25) is 5.78 Å². The molecule has 0 unspecified atom stereocenters. The lowest BCUT2D eigenvalue weighted by Crippen LogP contribution is -2.40. The lowest BCUT2D eigenvalue weighted by Gasteiger charge is -2.09. The third-order valence-electron chi connectivity index (χ3n) is 3.44. The molecular weight excluding hydrogens is 270 g/mol. The van der Waals surface area contributed by atoms with Crippen molar-refractivity contribution in [1.82, 2.24) is 23.5 Å². The fourth-order valence-electron chi connectivity index (χ4n) is 2.56. The minimum Gasteiger partial charge on any atom is -0.277 e. The lowest BCUT2D eigenvalue weighted by atomic mass is 10.4. The van der Waals surface area contributed by atoms with E-state index in [0.29, 0.717) is 30.0 Å². The summed E-state index contributed by atoms with van der Waals surface area (Å²) in [5.41, 5.74) is 0.238. The van der Waals surface area contributed by atoms with Gasteiger partial charge in [-0.1, -0.05) is 13.8 Å². The second kappa shape index (κ2) is 5.16. The molecule has 110 valence electrons. The minimum absolute atomic E-state index is 0.292. The van der Waals surface area contributed by atoms with Crippen molar-refractivity contribution in [3.63, 3.8) is 0 Å². The van der Waals surface area contributed by atoms with Crippen LogP contribution in [0.4, 0.5) is 0 Å². The van der Waals surface area contributed by atoms with E-state index in [-0.39, 0.29) is 11.2 Å². The van der Waals surface area contributed by atoms with Crippen LogP contribution in [-0.2, 0) is 13.1 Å². The van der Waals surface area contributed by atoms with Crippen molar-refractivity contribution >= 4 is 16.9 Å². The summed E-state index contributed by atoms with van der Waals surface area (Å²) in [5.74, 6) is 0.433. The van der Waals surface area contributed by atoms with E-state index in [9.17, 15) is 9.59 Å². The molecular formula is C14H17N5O2. The maximum absolute atomic E-state index is 12.6. The minimum atomic E-state index is -0.301. The molecule has 7 heteroatoms. The molecule has 0 aliphatic rings. The second-order valence-electron chi connectivity index (χ2n) is 4.96. The monoisotopic (exact) mass is 287 g/mol. The topological polar surface area (TPSA) is 74.2 Å². The van der Waals surface area contributed by atoms with Crippen LogP contribution in [0, 0.1) is 0 Å². The Hall–Kier alpha value is -2.44. The standard InChI is InChI=1S/C14H17N5O2/c1-3-7-18-11-10(12(20)19(8-4-2)14(18)21)17-9-5-6-15-13(17)16-11/h5-6,9H,3-4,7-8H2,1-2H3. The first-order chi connectivity index (χ1) is 10.2. The van der Waals surface area contributed by atoms with Crippen molar-refractivity contribution in [3.8, 4) is 0 Å². The molecule has 0 aliphatic heterocycles. The van der Waals surface area contributed by atoms with Gasteiger partial charge in [0.05, 0.1) is 0 Å². The van der Waals surface area contributed by atoms with Gasteiger partial charge < -0.3 is 0 Å². The summed E-state index contributed by atoms with van der Waals surface area (Å²) in [6.45, 7) is 4.87. The second-order valence-corrected chi connectivity index (χ2v) is 4.96. The zero-order valence-corrected chi connectivity index (χ0v) is 12.1. The van der Waals surface area contributed by atoms with Gasteiger partial charge in [0.25, 0.3) is 5.56 Å². The molecule has 0 aromatic carbocycles. The molecule has 0 N–H and O–H groups in total. The van der Waals surface area contributed by atoms with Gasteiger partial charge in [-0.2, -0.15) is 4.98 Å². The van der Waals surface area contributed by atoms with E-state index in [4.69, 9.17) is 0 Å². The number of imidazole rings is 1. The van der Waals surface area contributed by atoms with Gasteiger partial charge in [0.1, 0.15) is 0 Å². The van der Waals surface area contributed by atoms with Crippen LogP contribution in [0.25, 0.3) is 16.9 Å². The molecule has 21 heavy (non-hydrogen) atoms. The Morgan fingerprint density at radius 2 is 1.81 bits per heavy atom. The highest BCUT2D eigenvalue weighted by atomic mass is 16.2. The van der Waals surface area contributed by atoms with Crippen LogP contribution in [0.5, 0.6) is 0 Å². The molecule has 0 saturated carbocycles. The SMILES string of the molecule is CCCn1c(=O)c2c(nc3ncccn32)n(CCC)c1=O. The molecule has 3 aromatic rings. The van der Waals surface area contributed by atoms with Crippen LogP contribution >= 0.6 is 0 Å². The molecule has 0 saturated heterocycles. The third-order valence-corrected chi connectivity index (χ3v) is 3.44. The summed E-state index contributed by atoms with van der Waals surface area (Å²) < 4.78 is 4.51. The fraction of sp³-hybridized carbons (Fsp3) is 0.429. The highest BCUT2D eigenvalue weighted by Gasteiger charge is 2.17. The molecule has 3 rings (SSSR count). The van der Waals surface area contributed by atoms with E-state index in [1.807, 2.05) is 13.8 Å². The van der Waals surface area contributed by atoms with Gasteiger partial charge in [0, 0.05) is 25.5 Å². The summed E-state index contributed by atoms with van der Waals surface area (Å²) in [6.07, 6.45) is 4.88. The van der Waals surface area contributed by atoms with Crippen molar-refractivity contribution in [2.75, 3.05) is 0 Å². The quantitative estimate of drug-likeness (QED) is 0.718. The maximum Gasteiger partial charge on any atom is 0.332 e. The smallest absolute Gasteiger partial charge is 0.277 e. The van der Waals surface area contributed by atoms with Gasteiger partial charge in [-0.15, -0.1) is 0 Å². The Labute approximate surface area is 120 Å². The maximum atomic E-state index is 12.6. The Morgan fingerprint density at radius 1 is 1.10 bits per heavy atom. The number of aromatic nitrogens is 5. The highest BCUT2D eigenvalue weighted by molar-refractivity contribution is 5.75. The number of hydrogen-bond acceptors (Lipinski definition) is 4. The van der Waals surface area contributed by atoms with Crippen LogP contribution < -0.4 is 11.2 Å². The fourth-order valence-corrected chi connectivity index (χ4v) is 2.56. The largest absolute Gasteiger partial charge is 0.332 e. The van der Waals surface area contributed by atoms with Gasteiger partial charge in [0.15, 0.2) is 11.2 Å². The van der Waals surface area contributed by atoms with Crippen molar-refractivity contribution in [3.05, 3.63) is 39.3 Å². The van der Waals surface area contributed by atoms with Crippen LogP contribution in [-0.4, -0.2) is 23.5 Å². The number of rotatable bonds is 4. The number of nitrogens with zero attached hydrogens (tertiary/aromatic N) is 5. The predicted molar refractivity (Wildman–Crippen MR) is 79.6 cm³/mol. The van der Waals surface area contributed by atoms with E-state index in [1.54, 1.807) is 27.4 Å². The average molecular weight is 287 g/mol. The van der Waals surface area contributed by atoms with Gasteiger partial charge >= 0.3 is 5.69 Å². The zero-order chi connectivity index (χ0) is 15.0. The number of fused-ring (bicyclic) bond motifs is 3. The first-order valence-electron chi connectivity index (χ1n) is 7.15. The molecule has 3 heterocycles. The first-order valence-corrected chi connectivity index (χ1v) is 7.15. The van der Waals surface area contributed by atoms with Crippen LogP contribution in [0.1, 0.15) is 26.7 Å². The molecule has 0 bridgehead atoms. The third kappa shape index (κ3) is 1.96. The Bertz CT molecular complexity index is 919. The number of hydrogen-bond donors (Lipinski definition) is 0. The van der Waals surface area contributed by atoms with Crippen LogP contribution in [0.15, 0.2) is 28.0 Å². The molecule has 0 radical (unpaired) electrons. The van der Waals surface area contributed by atoms with E-state index in [1.165, 1.54) is 4.57 Å². The zero-order valence-electron chi connectivity index (χ0n) is 12.1. The number of aryl methyl sites for hydroxylation is 1. The summed E-state index contributed by atoms with van der Waals surface area (Å²) >= 11 is 0. The molecule has 3 aromatic heterocycles. The van der Waals surface area contributed by atoms with E-state index in [0.717, 1.165) is 12.8 Å². The lowest BCUT2D eigenvalue weighted by molar-refractivity contribution is 0.555. The highest BCUT2D eigenvalue weighted by Crippen LogP contribution is 2.10. The first kappa shape index (κ1) is 13.5. The van der Waals surface area contributed by atoms with Crippen LogP contribution in [0.3, 0.4) is 0 Å². The van der Waals surface area contributed by atoms with Gasteiger partial charge in [-0.25, -0.2) is 9.78 Å². The molecule has 7 nitrogen and oxygen atoms in total. The average Bonchev–Trinajstić information content (AvgIpc) is 2.87. The van der Waals surface area contributed by atoms with Crippen molar-refractivity contribution < 1.29 is 0 Å². The van der Waals surface area contributed by atoms with Crippen molar-refractivity contribution in [2.45, 2.75) is 39.8 Å². The van der Waals surface area contributed by atoms with Crippen molar-refractivity contribution in [2.24, 2.45) is 0 Å². The Balaban J connectivity index is 2.53. The molecule has 0 spiro atoms. The van der Waals surface area contributed by atoms with E-state index < -0.39 is 0 Å². The van der Waals surface area contributed by atoms with Crippen molar-refractivity contribution in [1.29, 1.82) is 0 Å². The summed E-state index contributed by atoms with van der Waals surface area (Å²) in [5, 5.41) is 0. The normalized spacial score (nSPS) is 11.5. The van der Waals surface area contributed by atoms with E-state index in [2.05, 4.69) is 9.97 Å². The Kier molecular flexibility index (Phi) is 3.32. The molecule has 0 atom stereocenters. The summed E-state index contributed by atoms with van der Waals surface area (Å²) in [4.78, 5) is 33.7. The molecule has 0 fully saturated rings. The van der Waals surface area contributed by atoms with Gasteiger partial charge in [-0.3, -0.25) is 18.3 Å².